The Morgan fingerprint density at radius 2 is 2.18 bits per heavy atom. The Kier molecular flexibility index (Phi) is 3.14. The molecule has 0 aliphatic heterocycles. The van der Waals surface area contributed by atoms with Gasteiger partial charge < -0.3 is 5.32 Å². The van der Waals surface area contributed by atoms with Gasteiger partial charge in [-0.1, -0.05) is 29.8 Å². The molecule has 0 bridgehead atoms. The van der Waals surface area contributed by atoms with Crippen molar-refractivity contribution in [2.75, 3.05) is 0 Å². The number of nitrogens with one attached hydrogen (secondary N) is 1. The van der Waals surface area contributed by atoms with Crippen molar-refractivity contribution in [1.29, 1.82) is 0 Å². The van der Waals surface area contributed by atoms with Gasteiger partial charge in [-0.3, -0.25) is 0 Å². The number of aromatic nitrogens is 1. The highest BCUT2D eigenvalue weighted by atomic mass is 35.5. The summed E-state index contributed by atoms with van der Waals surface area (Å²) in [4.78, 5) is 1.27. The van der Waals surface area contributed by atoms with Crippen LogP contribution in [0.1, 0.15) is 17.7 Å². The highest BCUT2D eigenvalue weighted by Gasteiger charge is 2.20. The van der Waals surface area contributed by atoms with Crippen molar-refractivity contribution in [3.63, 3.8) is 0 Å². The number of halogens is 1. The summed E-state index contributed by atoms with van der Waals surface area (Å²) in [5.74, 6) is 0. The molecule has 1 aromatic heterocycles. The van der Waals surface area contributed by atoms with Crippen LogP contribution in [0.2, 0.25) is 5.02 Å². The lowest BCUT2D eigenvalue weighted by atomic mass is 10.1. The Balaban J connectivity index is 1.77. The van der Waals surface area contributed by atoms with E-state index in [4.69, 9.17) is 11.6 Å². The molecule has 2 nitrogen and oxygen atoms in total. The van der Waals surface area contributed by atoms with E-state index in [1.165, 1.54) is 17.7 Å². The highest BCUT2D eigenvalue weighted by Crippen LogP contribution is 2.29. The van der Waals surface area contributed by atoms with Gasteiger partial charge in [0.25, 0.3) is 0 Å². The van der Waals surface area contributed by atoms with Crippen molar-refractivity contribution in [3.8, 4) is 11.3 Å². The minimum atomic E-state index is 0.737. The first-order chi connectivity index (χ1) is 8.33. The van der Waals surface area contributed by atoms with E-state index in [0.29, 0.717) is 0 Å². The van der Waals surface area contributed by atoms with Gasteiger partial charge in [-0.05, 0) is 36.5 Å². The second-order valence-electron chi connectivity index (χ2n) is 4.31. The maximum Gasteiger partial charge on any atom is 0.0858 e. The average molecular weight is 265 g/mol. The second-order valence-corrected chi connectivity index (χ2v) is 5.61. The lowest BCUT2D eigenvalue weighted by molar-refractivity contribution is 0.695. The molecule has 1 saturated carbocycles. The van der Waals surface area contributed by atoms with Gasteiger partial charge >= 0.3 is 0 Å². The van der Waals surface area contributed by atoms with E-state index in [1.54, 1.807) is 11.5 Å². The van der Waals surface area contributed by atoms with Gasteiger partial charge in [0.15, 0.2) is 0 Å². The van der Waals surface area contributed by atoms with E-state index in [2.05, 4.69) is 15.8 Å². The molecule has 0 atom stereocenters. The number of nitrogens with zero attached hydrogens (tertiary/aromatic N) is 1. The first-order valence-electron chi connectivity index (χ1n) is 5.77. The minimum absolute atomic E-state index is 0.737. The van der Waals surface area contributed by atoms with Gasteiger partial charge in [-0.25, -0.2) is 0 Å². The number of hydrogen-bond donors (Lipinski definition) is 1. The molecule has 1 fully saturated rings. The monoisotopic (exact) mass is 264 g/mol. The van der Waals surface area contributed by atoms with Gasteiger partial charge in [0.1, 0.15) is 0 Å². The first-order valence-corrected chi connectivity index (χ1v) is 6.92. The fourth-order valence-electron chi connectivity index (χ4n) is 1.72. The van der Waals surface area contributed by atoms with Crippen molar-refractivity contribution in [2.45, 2.75) is 25.4 Å². The third-order valence-corrected chi connectivity index (χ3v) is 3.97. The number of benzene rings is 1. The fraction of sp³-hybridized carbons (Fsp3) is 0.308. The van der Waals surface area contributed by atoms with Crippen LogP contribution in [0.25, 0.3) is 11.3 Å². The van der Waals surface area contributed by atoms with Crippen molar-refractivity contribution in [1.82, 2.24) is 9.69 Å². The molecule has 4 heteroatoms. The topological polar surface area (TPSA) is 24.9 Å². The zero-order valence-corrected chi connectivity index (χ0v) is 10.9. The molecule has 0 spiro atoms. The molecule has 1 aliphatic carbocycles. The van der Waals surface area contributed by atoms with Crippen LogP contribution in [-0.4, -0.2) is 10.4 Å². The smallest absolute Gasteiger partial charge is 0.0858 e. The molecule has 1 heterocycles. The van der Waals surface area contributed by atoms with Crippen LogP contribution >= 0.6 is 23.1 Å². The summed E-state index contributed by atoms with van der Waals surface area (Å²) >= 11 is 7.71. The van der Waals surface area contributed by atoms with Crippen LogP contribution < -0.4 is 5.32 Å². The SMILES string of the molecule is Clc1ccccc1-c1cc(CNC2CC2)sn1. The highest BCUT2D eigenvalue weighted by molar-refractivity contribution is 7.06. The molecule has 1 N–H and O–H groups in total. The molecule has 0 saturated heterocycles. The molecule has 0 radical (unpaired) electrons. The molecule has 2 aromatic rings. The van der Waals surface area contributed by atoms with Crippen LogP contribution in [0.3, 0.4) is 0 Å². The molecular weight excluding hydrogens is 252 g/mol. The van der Waals surface area contributed by atoms with E-state index in [1.807, 2.05) is 24.3 Å². The van der Waals surface area contributed by atoms with Gasteiger partial charge in [0.2, 0.25) is 0 Å². The van der Waals surface area contributed by atoms with Gasteiger partial charge in [-0.15, -0.1) is 0 Å². The predicted octanol–water partition coefficient (Wildman–Crippen LogP) is 3.72. The fourth-order valence-corrected chi connectivity index (χ4v) is 2.64. The quantitative estimate of drug-likeness (QED) is 0.911. The maximum atomic E-state index is 6.15. The van der Waals surface area contributed by atoms with E-state index in [0.717, 1.165) is 28.9 Å². The van der Waals surface area contributed by atoms with E-state index < -0.39 is 0 Å². The summed E-state index contributed by atoms with van der Waals surface area (Å²) < 4.78 is 4.46. The standard InChI is InChI=1S/C13H13ClN2S/c14-12-4-2-1-3-11(12)13-7-10(17-16-13)8-15-9-5-6-9/h1-4,7,9,15H,5-6,8H2. The Morgan fingerprint density at radius 3 is 2.94 bits per heavy atom. The molecule has 0 amide bonds. The van der Waals surface area contributed by atoms with E-state index in [9.17, 15) is 0 Å². The Labute approximate surface area is 110 Å². The van der Waals surface area contributed by atoms with Crippen LogP contribution in [-0.2, 0) is 6.54 Å². The van der Waals surface area contributed by atoms with Gasteiger partial charge in [-0.2, -0.15) is 4.37 Å². The third kappa shape index (κ3) is 2.68. The molecule has 17 heavy (non-hydrogen) atoms. The van der Waals surface area contributed by atoms with Crippen molar-refractivity contribution in [2.24, 2.45) is 0 Å². The van der Waals surface area contributed by atoms with Crippen LogP contribution in [0, 0.1) is 0 Å². The summed E-state index contributed by atoms with van der Waals surface area (Å²) in [5, 5.41) is 4.25. The Bertz CT molecular complexity index is 520. The van der Waals surface area contributed by atoms with Crippen LogP contribution in [0.5, 0.6) is 0 Å². The lowest BCUT2D eigenvalue weighted by Crippen LogP contribution is -2.14. The Morgan fingerprint density at radius 1 is 1.35 bits per heavy atom. The normalized spacial score (nSPS) is 15.1. The molecule has 1 aliphatic rings. The predicted molar refractivity (Wildman–Crippen MR) is 72.4 cm³/mol. The summed E-state index contributed by atoms with van der Waals surface area (Å²) in [6.07, 6.45) is 2.63. The summed E-state index contributed by atoms with van der Waals surface area (Å²) in [7, 11) is 0. The molecule has 3 rings (SSSR count). The number of rotatable bonds is 4. The molecular formula is C13H13ClN2S. The second kappa shape index (κ2) is 4.77. The zero-order chi connectivity index (χ0) is 11.7. The van der Waals surface area contributed by atoms with Crippen molar-refractivity contribution >= 4 is 23.1 Å². The minimum Gasteiger partial charge on any atom is -0.309 e. The number of hydrogen-bond acceptors (Lipinski definition) is 3. The van der Waals surface area contributed by atoms with Gasteiger partial charge in [0, 0.05) is 28.0 Å². The summed E-state index contributed by atoms with van der Waals surface area (Å²) in [6, 6.07) is 10.7. The van der Waals surface area contributed by atoms with Crippen LogP contribution in [0.15, 0.2) is 30.3 Å². The molecule has 0 unspecified atom stereocenters. The van der Waals surface area contributed by atoms with Crippen molar-refractivity contribution < 1.29 is 0 Å². The third-order valence-electron chi connectivity index (χ3n) is 2.85. The molecule has 88 valence electrons. The Hall–Kier alpha value is -0.900. The average Bonchev–Trinajstić information content (AvgIpc) is 3.06. The maximum absolute atomic E-state index is 6.15. The summed E-state index contributed by atoms with van der Waals surface area (Å²) in [6.45, 7) is 0.923. The first kappa shape index (κ1) is 11.2. The van der Waals surface area contributed by atoms with Crippen molar-refractivity contribution in [3.05, 3.63) is 40.2 Å². The van der Waals surface area contributed by atoms with E-state index >= 15 is 0 Å². The largest absolute Gasteiger partial charge is 0.309 e. The summed E-state index contributed by atoms with van der Waals surface area (Å²) in [5.41, 5.74) is 2.00. The van der Waals surface area contributed by atoms with Crippen LogP contribution in [0.4, 0.5) is 0 Å². The molecule has 1 aromatic carbocycles. The lowest BCUT2D eigenvalue weighted by Gasteiger charge is -1.99. The van der Waals surface area contributed by atoms with E-state index in [-0.39, 0.29) is 0 Å². The zero-order valence-electron chi connectivity index (χ0n) is 9.32. The van der Waals surface area contributed by atoms with Gasteiger partial charge in [0.05, 0.1) is 5.69 Å².